The first kappa shape index (κ1) is 15.4. The zero-order valence-electron chi connectivity index (χ0n) is 11.4. The topological polar surface area (TPSA) is 33.0 Å². The summed E-state index contributed by atoms with van der Waals surface area (Å²) in [6.07, 6.45) is 3.01. The Labute approximate surface area is 134 Å². The smallest absolute Gasteiger partial charge is 0.157 e. The number of rotatable bonds is 4. The van der Waals surface area contributed by atoms with Crippen molar-refractivity contribution in [2.45, 2.75) is 13.5 Å². The van der Waals surface area contributed by atoms with E-state index in [-0.39, 0.29) is 0 Å². The van der Waals surface area contributed by atoms with E-state index in [0.717, 1.165) is 11.1 Å². The maximum atomic E-state index is 8.52. The number of aryl methyl sites for hydroxylation is 1. The minimum Gasteiger partial charge on any atom is -0.486 e. The summed E-state index contributed by atoms with van der Waals surface area (Å²) in [6, 6.07) is 13.4. The Balaban J connectivity index is 2.15. The standard InChI is InChI=1S/C17H13Cl2NO/c1-12-4-6-13(7-5-12)11-21-17-15(18)9-14(3-2-8-20)10-16(17)19/h2-7,9-10H,11H2,1H3/b3-2+. The summed E-state index contributed by atoms with van der Waals surface area (Å²) in [6.45, 7) is 2.43. The van der Waals surface area contributed by atoms with Crippen molar-refractivity contribution >= 4 is 29.3 Å². The molecule has 0 aliphatic heterocycles. The van der Waals surface area contributed by atoms with Gasteiger partial charge in [-0.25, -0.2) is 0 Å². The maximum absolute atomic E-state index is 8.52. The van der Waals surface area contributed by atoms with Gasteiger partial charge >= 0.3 is 0 Å². The van der Waals surface area contributed by atoms with Gasteiger partial charge in [-0.3, -0.25) is 0 Å². The van der Waals surface area contributed by atoms with E-state index in [0.29, 0.717) is 22.4 Å². The van der Waals surface area contributed by atoms with Crippen LogP contribution in [0.1, 0.15) is 16.7 Å². The SMILES string of the molecule is Cc1ccc(COc2c(Cl)cc(/C=C/C#N)cc2Cl)cc1. The summed E-state index contributed by atoms with van der Waals surface area (Å²) in [4.78, 5) is 0. The molecular weight excluding hydrogens is 305 g/mol. The monoisotopic (exact) mass is 317 g/mol. The summed E-state index contributed by atoms with van der Waals surface area (Å²) in [5, 5.41) is 9.37. The molecule has 2 nitrogen and oxygen atoms in total. The molecule has 0 aromatic heterocycles. The van der Waals surface area contributed by atoms with Gasteiger partial charge in [-0.2, -0.15) is 5.26 Å². The molecule has 0 saturated heterocycles. The molecule has 0 fully saturated rings. The van der Waals surface area contributed by atoms with Crippen LogP contribution in [0, 0.1) is 18.3 Å². The highest BCUT2D eigenvalue weighted by molar-refractivity contribution is 6.37. The molecule has 0 radical (unpaired) electrons. The Kier molecular flexibility index (Phi) is 5.27. The molecule has 2 rings (SSSR count). The number of nitrogens with zero attached hydrogens (tertiary/aromatic N) is 1. The second-order valence-electron chi connectivity index (χ2n) is 4.55. The van der Waals surface area contributed by atoms with Crippen molar-refractivity contribution in [3.05, 3.63) is 69.2 Å². The lowest BCUT2D eigenvalue weighted by Crippen LogP contribution is -1.97. The van der Waals surface area contributed by atoms with E-state index >= 15 is 0 Å². The molecule has 0 aliphatic rings. The van der Waals surface area contributed by atoms with Crippen molar-refractivity contribution in [3.63, 3.8) is 0 Å². The molecule has 0 saturated carbocycles. The van der Waals surface area contributed by atoms with Gasteiger partial charge in [0.25, 0.3) is 0 Å². The fraction of sp³-hybridized carbons (Fsp3) is 0.118. The van der Waals surface area contributed by atoms with Crippen molar-refractivity contribution in [1.29, 1.82) is 5.26 Å². The Morgan fingerprint density at radius 1 is 1.14 bits per heavy atom. The predicted molar refractivity (Wildman–Crippen MR) is 86.6 cm³/mol. The third-order valence-corrected chi connectivity index (χ3v) is 3.44. The minimum absolute atomic E-state index is 0.396. The first-order valence-electron chi connectivity index (χ1n) is 6.33. The predicted octanol–water partition coefficient (Wildman–Crippen LogP) is 5.42. The second-order valence-corrected chi connectivity index (χ2v) is 5.36. The Morgan fingerprint density at radius 2 is 1.76 bits per heavy atom. The van der Waals surface area contributed by atoms with Crippen molar-refractivity contribution in [2.75, 3.05) is 0 Å². The van der Waals surface area contributed by atoms with Gasteiger partial charge in [0.1, 0.15) is 6.61 Å². The summed E-state index contributed by atoms with van der Waals surface area (Å²) in [5.74, 6) is 0.452. The average Bonchev–Trinajstić information content (AvgIpc) is 2.46. The molecule has 0 heterocycles. The number of ether oxygens (including phenoxy) is 1. The van der Waals surface area contributed by atoms with E-state index in [2.05, 4.69) is 0 Å². The van der Waals surface area contributed by atoms with Gasteiger partial charge in [0.05, 0.1) is 16.1 Å². The minimum atomic E-state index is 0.396. The third-order valence-electron chi connectivity index (χ3n) is 2.87. The summed E-state index contributed by atoms with van der Waals surface area (Å²) in [7, 11) is 0. The molecule has 0 bridgehead atoms. The van der Waals surface area contributed by atoms with Crippen LogP contribution in [0.2, 0.25) is 10.0 Å². The molecule has 2 aromatic carbocycles. The maximum Gasteiger partial charge on any atom is 0.157 e. The summed E-state index contributed by atoms with van der Waals surface area (Å²) >= 11 is 12.4. The van der Waals surface area contributed by atoms with Crippen molar-refractivity contribution in [2.24, 2.45) is 0 Å². The van der Waals surface area contributed by atoms with Gasteiger partial charge in [0.15, 0.2) is 5.75 Å². The highest BCUT2D eigenvalue weighted by Crippen LogP contribution is 2.35. The Morgan fingerprint density at radius 3 is 2.33 bits per heavy atom. The molecule has 0 atom stereocenters. The fourth-order valence-electron chi connectivity index (χ4n) is 1.79. The van der Waals surface area contributed by atoms with Gasteiger partial charge in [0.2, 0.25) is 0 Å². The lowest BCUT2D eigenvalue weighted by atomic mass is 10.1. The molecule has 2 aromatic rings. The molecule has 4 heteroatoms. The largest absolute Gasteiger partial charge is 0.486 e. The van der Waals surface area contributed by atoms with Gasteiger partial charge in [-0.05, 0) is 36.3 Å². The van der Waals surface area contributed by atoms with Gasteiger partial charge in [-0.1, -0.05) is 53.0 Å². The number of nitriles is 1. The van der Waals surface area contributed by atoms with Crippen LogP contribution >= 0.6 is 23.2 Å². The molecule has 0 unspecified atom stereocenters. The quantitative estimate of drug-likeness (QED) is 0.705. The zero-order valence-corrected chi connectivity index (χ0v) is 12.9. The number of benzene rings is 2. The van der Waals surface area contributed by atoms with Crippen molar-refractivity contribution in [1.82, 2.24) is 0 Å². The fourth-order valence-corrected chi connectivity index (χ4v) is 2.40. The van der Waals surface area contributed by atoms with Crippen LogP contribution in [0.15, 0.2) is 42.5 Å². The molecule has 0 spiro atoms. The van der Waals surface area contributed by atoms with Crippen molar-refractivity contribution in [3.8, 4) is 11.8 Å². The van der Waals surface area contributed by atoms with Crippen LogP contribution in [0.25, 0.3) is 6.08 Å². The molecular formula is C17H13Cl2NO. The van der Waals surface area contributed by atoms with Crippen LogP contribution in [0.4, 0.5) is 0 Å². The van der Waals surface area contributed by atoms with Gasteiger partial charge in [0, 0.05) is 6.08 Å². The average molecular weight is 318 g/mol. The Bertz CT molecular complexity index is 677. The van der Waals surface area contributed by atoms with Crippen LogP contribution in [-0.4, -0.2) is 0 Å². The molecule has 21 heavy (non-hydrogen) atoms. The van der Waals surface area contributed by atoms with E-state index in [9.17, 15) is 0 Å². The Hall–Kier alpha value is -1.95. The zero-order chi connectivity index (χ0) is 15.2. The van der Waals surface area contributed by atoms with Crippen LogP contribution in [-0.2, 0) is 6.61 Å². The molecule has 0 amide bonds. The lowest BCUT2D eigenvalue weighted by Gasteiger charge is -2.11. The summed E-state index contributed by atoms with van der Waals surface area (Å²) in [5.41, 5.74) is 3.00. The van der Waals surface area contributed by atoms with E-state index in [1.807, 2.05) is 37.3 Å². The molecule has 0 N–H and O–H groups in total. The molecule has 0 aliphatic carbocycles. The lowest BCUT2D eigenvalue weighted by molar-refractivity contribution is 0.306. The highest BCUT2D eigenvalue weighted by Gasteiger charge is 2.09. The van der Waals surface area contributed by atoms with Crippen molar-refractivity contribution < 1.29 is 4.74 Å². The number of hydrogen-bond donors (Lipinski definition) is 0. The highest BCUT2D eigenvalue weighted by atomic mass is 35.5. The second kappa shape index (κ2) is 7.17. The van der Waals surface area contributed by atoms with Gasteiger partial charge in [-0.15, -0.1) is 0 Å². The molecule has 106 valence electrons. The van der Waals surface area contributed by atoms with E-state index in [1.165, 1.54) is 11.6 Å². The van der Waals surface area contributed by atoms with E-state index < -0.39 is 0 Å². The number of hydrogen-bond acceptors (Lipinski definition) is 2. The van der Waals surface area contributed by atoms with E-state index in [4.69, 9.17) is 33.2 Å². The normalized spacial score (nSPS) is 10.6. The summed E-state index contributed by atoms with van der Waals surface area (Å²) < 4.78 is 5.70. The van der Waals surface area contributed by atoms with Crippen LogP contribution < -0.4 is 4.74 Å². The van der Waals surface area contributed by atoms with Crippen LogP contribution in [0.3, 0.4) is 0 Å². The van der Waals surface area contributed by atoms with E-state index in [1.54, 1.807) is 18.2 Å². The number of allylic oxidation sites excluding steroid dienone is 1. The number of halogens is 2. The third kappa shape index (κ3) is 4.26. The first-order valence-corrected chi connectivity index (χ1v) is 7.09. The first-order chi connectivity index (χ1) is 10.1. The van der Waals surface area contributed by atoms with Crippen LogP contribution in [0.5, 0.6) is 5.75 Å². The van der Waals surface area contributed by atoms with Gasteiger partial charge < -0.3 is 4.74 Å².